The summed E-state index contributed by atoms with van der Waals surface area (Å²) in [6.07, 6.45) is -3.81. The van der Waals surface area contributed by atoms with Gasteiger partial charge in [-0.3, -0.25) is 0 Å². The van der Waals surface area contributed by atoms with E-state index in [1.54, 1.807) is 0 Å². The van der Waals surface area contributed by atoms with Crippen molar-refractivity contribution >= 4 is 18.5 Å². The van der Waals surface area contributed by atoms with Gasteiger partial charge in [0.2, 0.25) is 0 Å². The van der Waals surface area contributed by atoms with Crippen LogP contribution in [0.3, 0.4) is 0 Å². The summed E-state index contributed by atoms with van der Waals surface area (Å²) < 4.78 is 27.5. The molecule has 2 heterocycles. The van der Waals surface area contributed by atoms with Gasteiger partial charge in [0.05, 0.1) is 0 Å². The molecule has 2 unspecified atom stereocenters. The van der Waals surface area contributed by atoms with Gasteiger partial charge >= 0.3 is 18.5 Å². The van der Waals surface area contributed by atoms with Crippen molar-refractivity contribution in [2.45, 2.75) is 12.2 Å². The van der Waals surface area contributed by atoms with Crippen LogP contribution in [-0.4, -0.2) is 57.1 Å². The topological polar surface area (TPSA) is 107 Å². The molecule has 0 spiro atoms. The van der Waals surface area contributed by atoms with Gasteiger partial charge in [-0.25, -0.2) is 14.4 Å². The normalized spacial score (nSPS) is 25.8. The van der Waals surface area contributed by atoms with Crippen molar-refractivity contribution < 1.29 is 42.8 Å². The van der Waals surface area contributed by atoms with Gasteiger partial charge < -0.3 is 28.4 Å². The highest BCUT2D eigenvalue weighted by Crippen LogP contribution is 2.08. The minimum atomic E-state index is -0.958. The summed E-state index contributed by atoms with van der Waals surface area (Å²) in [6, 6.07) is 0. The van der Waals surface area contributed by atoms with Crippen molar-refractivity contribution in [2.24, 2.45) is 0 Å². The maximum absolute atomic E-state index is 11.1. The molecule has 0 aromatic heterocycles. The van der Waals surface area contributed by atoms with Crippen LogP contribution in [0.25, 0.3) is 0 Å². The Bertz CT molecular complexity index is 320. The van der Waals surface area contributed by atoms with Crippen LogP contribution >= 0.6 is 0 Å². The third-order valence-electron chi connectivity index (χ3n) is 2.07. The molecule has 2 rings (SSSR count). The second-order valence-electron chi connectivity index (χ2n) is 3.47. The largest absolute Gasteiger partial charge is 0.508 e. The monoisotopic (exact) mass is 262 g/mol. The second kappa shape index (κ2) is 5.43. The molecule has 18 heavy (non-hydrogen) atoms. The van der Waals surface area contributed by atoms with E-state index in [2.05, 4.69) is 28.4 Å². The van der Waals surface area contributed by atoms with E-state index in [0.717, 1.165) is 0 Å². The quantitative estimate of drug-likeness (QED) is 0.518. The fourth-order valence-electron chi connectivity index (χ4n) is 1.26. The number of carbonyl (C=O) groups is 3. The Morgan fingerprint density at radius 1 is 1.00 bits per heavy atom. The first-order valence-electron chi connectivity index (χ1n) is 5.10. The molecule has 2 aliphatic rings. The van der Waals surface area contributed by atoms with Gasteiger partial charge in [-0.1, -0.05) is 0 Å². The zero-order chi connectivity index (χ0) is 13.0. The average Bonchev–Trinajstić information content (AvgIpc) is 2.93. The van der Waals surface area contributed by atoms with Crippen LogP contribution in [-0.2, 0) is 28.4 Å². The highest BCUT2D eigenvalue weighted by molar-refractivity contribution is 5.63. The lowest BCUT2D eigenvalue weighted by Gasteiger charge is -2.10. The Kier molecular flexibility index (Phi) is 3.70. The Balaban J connectivity index is 1.57. The third-order valence-corrected chi connectivity index (χ3v) is 2.07. The van der Waals surface area contributed by atoms with Gasteiger partial charge in [-0.2, -0.15) is 0 Å². The molecule has 2 saturated heterocycles. The molecule has 0 aromatic rings. The minimum absolute atomic E-state index is 0.0280. The van der Waals surface area contributed by atoms with E-state index < -0.39 is 30.7 Å². The van der Waals surface area contributed by atoms with E-state index >= 15 is 0 Å². The molecule has 9 heteroatoms. The van der Waals surface area contributed by atoms with Crippen LogP contribution < -0.4 is 0 Å². The number of ether oxygens (including phenoxy) is 6. The summed E-state index contributed by atoms with van der Waals surface area (Å²) in [6.45, 7) is -0.266. The predicted molar refractivity (Wildman–Crippen MR) is 49.7 cm³/mol. The number of hydrogen-bond donors (Lipinski definition) is 0. The lowest BCUT2D eigenvalue weighted by molar-refractivity contribution is 0.00623. The molecule has 0 aliphatic carbocycles. The van der Waals surface area contributed by atoms with Crippen molar-refractivity contribution in [1.29, 1.82) is 0 Å². The van der Waals surface area contributed by atoms with Crippen LogP contribution in [0.15, 0.2) is 0 Å². The Morgan fingerprint density at radius 2 is 1.44 bits per heavy atom. The molecule has 100 valence electrons. The van der Waals surface area contributed by atoms with Gasteiger partial charge in [0.15, 0.2) is 12.2 Å². The lowest BCUT2D eigenvalue weighted by Crippen LogP contribution is -2.25. The van der Waals surface area contributed by atoms with Gasteiger partial charge in [0, 0.05) is 0 Å². The van der Waals surface area contributed by atoms with Crippen molar-refractivity contribution in [1.82, 2.24) is 0 Å². The first-order valence-corrected chi connectivity index (χ1v) is 5.10. The van der Waals surface area contributed by atoms with Crippen LogP contribution in [0.4, 0.5) is 14.4 Å². The van der Waals surface area contributed by atoms with Gasteiger partial charge in [0.1, 0.15) is 26.4 Å². The van der Waals surface area contributed by atoms with Crippen LogP contribution in [0.1, 0.15) is 0 Å². The molecular formula is C9H10O9. The summed E-state index contributed by atoms with van der Waals surface area (Å²) in [5, 5.41) is 0. The zero-order valence-corrected chi connectivity index (χ0v) is 9.16. The zero-order valence-electron chi connectivity index (χ0n) is 9.16. The van der Waals surface area contributed by atoms with Crippen LogP contribution in [0, 0.1) is 0 Å². The Hall–Kier alpha value is -2.19. The highest BCUT2D eigenvalue weighted by Gasteiger charge is 2.28. The number of carbonyl (C=O) groups excluding carboxylic acids is 3. The van der Waals surface area contributed by atoms with Gasteiger partial charge in [-0.05, 0) is 0 Å². The van der Waals surface area contributed by atoms with Gasteiger partial charge in [-0.15, -0.1) is 0 Å². The minimum Gasteiger partial charge on any atom is -0.430 e. The van der Waals surface area contributed by atoms with Crippen LogP contribution in [0.2, 0.25) is 0 Å². The van der Waals surface area contributed by atoms with E-state index in [-0.39, 0.29) is 26.4 Å². The Labute approximate surface area is 101 Å². The molecule has 2 atom stereocenters. The standard InChI is InChI=1S/C9H10O9/c10-7(13-1-5-3-15-8(11)17-5)14-2-6-4-16-9(12)18-6/h5-6H,1-4H2. The SMILES string of the molecule is O=C(OCC1COC(=O)O1)OCC1COC(=O)O1. The number of cyclic esters (lactones) is 4. The van der Waals surface area contributed by atoms with E-state index in [4.69, 9.17) is 0 Å². The van der Waals surface area contributed by atoms with Crippen molar-refractivity contribution in [2.75, 3.05) is 26.4 Å². The predicted octanol–water partition coefficient (Wildman–Crippen LogP) is 0.210. The molecule has 0 N–H and O–H groups in total. The summed E-state index contributed by atoms with van der Waals surface area (Å²) in [5.41, 5.74) is 0. The van der Waals surface area contributed by atoms with E-state index in [9.17, 15) is 14.4 Å². The van der Waals surface area contributed by atoms with E-state index in [0.29, 0.717) is 0 Å². The first-order chi connectivity index (χ1) is 8.63. The first kappa shape index (κ1) is 12.3. The maximum atomic E-state index is 11.1. The number of hydrogen-bond acceptors (Lipinski definition) is 9. The van der Waals surface area contributed by atoms with Crippen molar-refractivity contribution in [3.8, 4) is 0 Å². The molecule has 2 aliphatic heterocycles. The number of rotatable bonds is 4. The van der Waals surface area contributed by atoms with Crippen LogP contribution in [0.5, 0.6) is 0 Å². The molecule has 0 amide bonds. The second-order valence-corrected chi connectivity index (χ2v) is 3.47. The molecule has 0 bridgehead atoms. The summed E-state index contributed by atoms with van der Waals surface area (Å²) in [5.74, 6) is 0. The molecule has 0 aromatic carbocycles. The molecule has 2 fully saturated rings. The highest BCUT2D eigenvalue weighted by atomic mass is 16.8. The molecule has 0 radical (unpaired) electrons. The van der Waals surface area contributed by atoms with Crippen molar-refractivity contribution in [3.63, 3.8) is 0 Å². The molecular weight excluding hydrogens is 252 g/mol. The Morgan fingerprint density at radius 3 is 1.78 bits per heavy atom. The smallest absolute Gasteiger partial charge is 0.430 e. The fraction of sp³-hybridized carbons (Fsp3) is 0.667. The summed E-state index contributed by atoms with van der Waals surface area (Å²) in [4.78, 5) is 32.2. The summed E-state index contributed by atoms with van der Waals surface area (Å²) >= 11 is 0. The summed E-state index contributed by atoms with van der Waals surface area (Å²) in [7, 11) is 0. The maximum Gasteiger partial charge on any atom is 0.508 e. The molecule has 0 saturated carbocycles. The average molecular weight is 262 g/mol. The molecule has 9 nitrogen and oxygen atoms in total. The van der Waals surface area contributed by atoms with Gasteiger partial charge in [0.25, 0.3) is 0 Å². The fourth-order valence-corrected chi connectivity index (χ4v) is 1.26. The lowest BCUT2D eigenvalue weighted by atomic mass is 10.4. The van der Waals surface area contributed by atoms with E-state index in [1.165, 1.54) is 0 Å². The van der Waals surface area contributed by atoms with E-state index in [1.807, 2.05) is 0 Å². The third kappa shape index (κ3) is 3.40. The van der Waals surface area contributed by atoms with Crippen molar-refractivity contribution in [3.05, 3.63) is 0 Å².